The Bertz CT molecular complexity index is 652. The van der Waals surface area contributed by atoms with E-state index < -0.39 is 5.97 Å². The number of para-hydroxylation sites is 1. The molecule has 1 amide bonds. The number of amides is 1. The number of thiazole rings is 1. The van der Waals surface area contributed by atoms with E-state index in [4.69, 9.17) is 4.74 Å². The number of carbonyl (C=O) groups excluding carboxylic acids is 2. The van der Waals surface area contributed by atoms with Crippen LogP contribution in [0.25, 0.3) is 0 Å². The number of esters is 1. The van der Waals surface area contributed by atoms with E-state index in [0.717, 1.165) is 10.6 Å². The number of benzene rings is 1. The Labute approximate surface area is 127 Å². The number of rotatable bonds is 5. The van der Waals surface area contributed by atoms with Crippen molar-refractivity contribution in [2.75, 3.05) is 11.9 Å². The number of aromatic nitrogens is 1. The van der Waals surface area contributed by atoms with Gasteiger partial charge in [0.1, 0.15) is 0 Å². The summed E-state index contributed by atoms with van der Waals surface area (Å²) in [5.74, 6) is -0.624. The maximum absolute atomic E-state index is 12.1. The molecule has 0 bridgehead atoms. The monoisotopic (exact) mass is 304 g/mol. The summed E-state index contributed by atoms with van der Waals surface area (Å²) in [4.78, 5) is 28.9. The maximum atomic E-state index is 12.1. The Hall–Kier alpha value is -2.21. The van der Waals surface area contributed by atoms with Gasteiger partial charge < -0.3 is 10.1 Å². The SMILES string of the molecule is CCOC(=O)c1ccccc1NC(=O)Cc1scnc1C. The van der Waals surface area contributed by atoms with Crippen molar-refractivity contribution in [3.63, 3.8) is 0 Å². The van der Waals surface area contributed by atoms with Crippen LogP contribution < -0.4 is 5.32 Å². The van der Waals surface area contributed by atoms with Gasteiger partial charge in [-0.15, -0.1) is 11.3 Å². The van der Waals surface area contributed by atoms with Gasteiger partial charge in [0, 0.05) is 4.88 Å². The summed E-state index contributed by atoms with van der Waals surface area (Å²) in [5, 5.41) is 2.75. The Kier molecular flexibility index (Phi) is 5.05. The molecule has 0 aliphatic heterocycles. The molecule has 1 aromatic heterocycles. The Morgan fingerprint density at radius 2 is 2.10 bits per heavy atom. The molecule has 0 saturated carbocycles. The van der Waals surface area contributed by atoms with Crippen molar-refractivity contribution in [3.8, 4) is 0 Å². The van der Waals surface area contributed by atoms with Crippen LogP contribution in [0.1, 0.15) is 27.9 Å². The zero-order valence-electron chi connectivity index (χ0n) is 11.9. The van der Waals surface area contributed by atoms with E-state index >= 15 is 0 Å². The van der Waals surface area contributed by atoms with E-state index in [2.05, 4.69) is 10.3 Å². The molecule has 0 radical (unpaired) electrons. The molecule has 5 nitrogen and oxygen atoms in total. The number of nitrogens with one attached hydrogen (secondary N) is 1. The van der Waals surface area contributed by atoms with Crippen molar-refractivity contribution < 1.29 is 14.3 Å². The molecule has 6 heteroatoms. The average molecular weight is 304 g/mol. The summed E-state index contributed by atoms with van der Waals surface area (Å²) in [5.41, 5.74) is 3.38. The van der Waals surface area contributed by atoms with Crippen LogP contribution in [0.5, 0.6) is 0 Å². The molecule has 2 aromatic rings. The molecule has 0 aliphatic rings. The van der Waals surface area contributed by atoms with Crippen molar-refractivity contribution in [3.05, 3.63) is 45.9 Å². The van der Waals surface area contributed by atoms with Crippen molar-refractivity contribution in [2.45, 2.75) is 20.3 Å². The van der Waals surface area contributed by atoms with Crippen molar-refractivity contribution >= 4 is 28.9 Å². The highest BCUT2D eigenvalue weighted by molar-refractivity contribution is 7.09. The molecule has 0 atom stereocenters. The summed E-state index contributed by atoms with van der Waals surface area (Å²) >= 11 is 1.44. The smallest absolute Gasteiger partial charge is 0.340 e. The minimum Gasteiger partial charge on any atom is -0.462 e. The topological polar surface area (TPSA) is 68.3 Å². The third-order valence-corrected chi connectivity index (χ3v) is 3.80. The number of anilines is 1. The van der Waals surface area contributed by atoms with Crippen molar-refractivity contribution in [1.82, 2.24) is 4.98 Å². The van der Waals surface area contributed by atoms with Crippen molar-refractivity contribution in [2.24, 2.45) is 0 Å². The lowest BCUT2D eigenvalue weighted by Gasteiger charge is -2.10. The third-order valence-electron chi connectivity index (χ3n) is 2.86. The van der Waals surface area contributed by atoms with Crippen LogP contribution in [0, 0.1) is 6.92 Å². The number of nitrogens with zero attached hydrogens (tertiary/aromatic N) is 1. The number of hydrogen-bond donors (Lipinski definition) is 1. The molecular formula is C15H16N2O3S. The normalized spacial score (nSPS) is 10.2. The Morgan fingerprint density at radius 3 is 2.76 bits per heavy atom. The summed E-state index contributed by atoms with van der Waals surface area (Å²) in [6.45, 7) is 3.90. The minimum atomic E-state index is -0.442. The second-order valence-electron chi connectivity index (χ2n) is 4.35. The first-order chi connectivity index (χ1) is 10.1. The molecule has 0 fully saturated rings. The molecule has 1 N–H and O–H groups in total. The summed E-state index contributed by atoms with van der Waals surface area (Å²) in [6.07, 6.45) is 0.244. The number of aryl methyl sites for hydroxylation is 1. The van der Waals surface area contributed by atoms with Gasteiger partial charge in [-0.1, -0.05) is 12.1 Å². The van der Waals surface area contributed by atoms with Crippen LogP contribution in [0.3, 0.4) is 0 Å². The maximum Gasteiger partial charge on any atom is 0.340 e. The van der Waals surface area contributed by atoms with E-state index in [9.17, 15) is 9.59 Å². The van der Waals surface area contributed by atoms with Gasteiger partial charge in [-0.3, -0.25) is 4.79 Å². The second kappa shape index (κ2) is 6.99. The molecule has 0 unspecified atom stereocenters. The van der Waals surface area contributed by atoms with Crippen LogP contribution >= 0.6 is 11.3 Å². The van der Waals surface area contributed by atoms with Gasteiger partial charge in [-0.25, -0.2) is 9.78 Å². The van der Waals surface area contributed by atoms with E-state index in [1.165, 1.54) is 11.3 Å². The van der Waals surface area contributed by atoms with Gasteiger partial charge in [-0.05, 0) is 26.0 Å². The predicted octanol–water partition coefficient (Wildman–Crippen LogP) is 2.81. The first kappa shape index (κ1) is 15.2. The predicted molar refractivity (Wildman–Crippen MR) is 81.6 cm³/mol. The highest BCUT2D eigenvalue weighted by Gasteiger charge is 2.15. The van der Waals surface area contributed by atoms with Crippen LogP contribution in [-0.2, 0) is 16.0 Å². The van der Waals surface area contributed by atoms with E-state index in [1.807, 2.05) is 6.92 Å². The molecular weight excluding hydrogens is 288 g/mol. The highest BCUT2D eigenvalue weighted by atomic mass is 32.1. The van der Waals surface area contributed by atoms with Crippen LogP contribution in [-0.4, -0.2) is 23.5 Å². The van der Waals surface area contributed by atoms with Gasteiger partial charge in [-0.2, -0.15) is 0 Å². The Balaban J connectivity index is 2.10. The standard InChI is InChI=1S/C15H16N2O3S/c1-3-20-15(19)11-6-4-5-7-12(11)17-14(18)8-13-10(2)16-9-21-13/h4-7,9H,3,8H2,1-2H3,(H,17,18). The van der Waals surface area contributed by atoms with Gasteiger partial charge in [0.05, 0.1) is 35.5 Å². The van der Waals surface area contributed by atoms with E-state index in [1.54, 1.807) is 36.7 Å². The van der Waals surface area contributed by atoms with Gasteiger partial charge >= 0.3 is 5.97 Å². The van der Waals surface area contributed by atoms with E-state index in [-0.39, 0.29) is 12.3 Å². The fourth-order valence-corrected chi connectivity index (χ4v) is 2.59. The third kappa shape index (κ3) is 3.88. The molecule has 1 aromatic carbocycles. The highest BCUT2D eigenvalue weighted by Crippen LogP contribution is 2.18. The fourth-order valence-electron chi connectivity index (χ4n) is 1.82. The quantitative estimate of drug-likeness (QED) is 0.862. The number of hydrogen-bond acceptors (Lipinski definition) is 5. The zero-order chi connectivity index (χ0) is 15.2. The molecule has 0 aliphatic carbocycles. The summed E-state index contributed by atoms with van der Waals surface area (Å²) in [7, 11) is 0. The van der Waals surface area contributed by atoms with Gasteiger partial charge in [0.2, 0.25) is 5.91 Å². The van der Waals surface area contributed by atoms with Gasteiger partial charge in [0.25, 0.3) is 0 Å². The summed E-state index contributed by atoms with van der Waals surface area (Å²) in [6, 6.07) is 6.81. The molecule has 110 valence electrons. The molecule has 2 rings (SSSR count). The zero-order valence-corrected chi connectivity index (χ0v) is 12.7. The lowest BCUT2D eigenvalue weighted by atomic mass is 10.1. The van der Waals surface area contributed by atoms with E-state index in [0.29, 0.717) is 17.9 Å². The van der Waals surface area contributed by atoms with Crippen LogP contribution in [0.4, 0.5) is 5.69 Å². The molecule has 0 saturated heterocycles. The average Bonchev–Trinajstić information content (AvgIpc) is 2.85. The van der Waals surface area contributed by atoms with Gasteiger partial charge in [0.15, 0.2) is 0 Å². The first-order valence-corrected chi connectivity index (χ1v) is 7.44. The molecule has 1 heterocycles. The van der Waals surface area contributed by atoms with Crippen molar-refractivity contribution in [1.29, 1.82) is 0 Å². The Morgan fingerprint density at radius 1 is 1.33 bits per heavy atom. The lowest BCUT2D eigenvalue weighted by Crippen LogP contribution is -2.17. The second-order valence-corrected chi connectivity index (χ2v) is 5.29. The summed E-state index contributed by atoms with van der Waals surface area (Å²) < 4.78 is 4.98. The van der Waals surface area contributed by atoms with Crippen LogP contribution in [0.15, 0.2) is 29.8 Å². The minimum absolute atomic E-state index is 0.181. The lowest BCUT2D eigenvalue weighted by molar-refractivity contribution is -0.115. The fraction of sp³-hybridized carbons (Fsp3) is 0.267. The number of carbonyl (C=O) groups is 2. The first-order valence-electron chi connectivity index (χ1n) is 6.56. The molecule has 21 heavy (non-hydrogen) atoms. The largest absolute Gasteiger partial charge is 0.462 e. The number of ether oxygens (including phenoxy) is 1. The molecule has 0 spiro atoms. The van der Waals surface area contributed by atoms with Crippen LogP contribution in [0.2, 0.25) is 0 Å².